The number of thioether (sulfide) groups is 1. The van der Waals surface area contributed by atoms with Crippen LogP contribution < -0.4 is 15.2 Å². The third-order valence-corrected chi connectivity index (χ3v) is 6.98. The molecule has 1 aromatic rings. The van der Waals surface area contributed by atoms with Crippen LogP contribution in [-0.4, -0.2) is 34.3 Å². The molecule has 1 amide bonds. The van der Waals surface area contributed by atoms with Gasteiger partial charge in [-0.2, -0.15) is 14.4 Å². The monoisotopic (exact) mass is 409 g/mol. The van der Waals surface area contributed by atoms with Crippen LogP contribution in [0.2, 0.25) is 0 Å². The Morgan fingerprint density at radius 1 is 1.11 bits per heavy atom. The van der Waals surface area contributed by atoms with Gasteiger partial charge in [0.15, 0.2) is 11.3 Å². The average Bonchev–Trinajstić information content (AvgIpc) is 2.60. The summed E-state index contributed by atoms with van der Waals surface area (Å²) < 4.78 is 26.5. The second kappa shape index (κ2) is 7.35. The van der Waals surface area contributed by atoms with Crippen molar-refractivity contribution < 1.29 is 18.7 Å². The molecule has 5 rings (SSSR count). The van der Waals surface area contributed by atoms with E-state index in [9.17, 15) is 4.79 Å². The molecule has 6 nitrogen and oxygen atoms in total. The highest BCUT2D eigenvalue weighted by Crippen LogP contribution is 2.61. The minimum atomic E-state index is -0.882. The molecule has 0 aromatic carbocycles. The van der Waals surface area contributed by atoms with Gasteiger partial charge < -0.3 is 15.2 Å². The van der Waals surface area contributed by atoms with Gasteiger partial charge in [-0.3, -0.25) is 4.79 Å². The molecule has 8 heteroatoms. The topological polar surface area (TPSA) is 87.3 Å². The van der Waals surface area contributed by atoms with Crippen molar-refractivity contribution >= 4 is 17.7 Å². The van der Waals surface area contributed by atoms with E-state index in [1.54, 1.807) is 20.1 Å². The fourth-order valence-electron chi connectivity index (χ4n) is 5.95. The molecule has 4 saturated carbocycles. The maximum atomic E-state index is 15.0. The Kier molecular flexibility index (Phi) is 5.18. The average molecular weight is 410 g/mol. The summed E-state index contributed by atoms with van der Waals surface area (Å²) in [4.78, 5) is 20.7. The van der Waals surface area contributed by atoms with Gasteiger partial charge in [0.05, 0.1) is 6.10 Å². The number of rotatable bonds is 7. The Hall–Kier alpha value is -1.57. The van der Waals surface area contributed by atoms with E-state index in [0.717, 1.165) is 19.3 Å². The SMILES string of the molecule is CSc1nc(OC(C)C)c(F)c(OC(C(N)=O)C23CC4CC(CC(C4)C2)C3)n1. The van der Waals surface area contributed by atoms with Crippen LogP contribution in [0.3, 0.4) is 0 Å². The van der Waals surface area contributed by atoms with Crippen molar-refractivity contribution in [2.24, 2.45) is 28.9 Å². The van der Waals surface area contributed by atoms with E-state index in [0.29, 0.717) is 22.9 Å². The summed E-state index contributed by atoms with van der Waals surface area (Å²) in [5.74, 6) is 0.141. The van der Waals surface area contributed by atoms with E-state index in [1.807, 2.05) is 0 Å². The number of hydrogen-bond donors (Lipinski definition) is 1. The van der Waals surface area contributed by atoms with Crippen LogP contribution in [0.5, 0.6) is 11.8 Å². The van der Waals surface area contributed by atoms with Crippen molar-refractivity contribution in [2.45, 2.75) is 69.7 Å². The van der Waals surface area contributed by atoms with Gasteiger partial charge in [0.25, 0.3) is 17.7 Å². The van der Waals surface area contributed by atoms with Crippen LogP contribution in [0, 0.1) is 29.0 Å². The predicted molar refractivity (Wildman–Crippen MR) is 104 cm³/mol. The first-order valence-corrected chi connectivity index (χ1v) is 11.3. The lowest BCUT2D eigenvalue weighted by atomic mass is 9.48. The number of amides is 1. The number of halogens is 1. The van der Waals surface area contributed by atoms with Crippen molar-refractivity contribution in [3.05, 3.63) is 5.82 Å². The summed E-state index contributed by atoms with van der Waals surface area (Å²) in [6, 6.07) is 0. The standard InChI is InChI=1S/C20H28FN3O3S/c1-10(2)26-17-14(21)18(24-19(23-17)28-3)27-15(16(22)25)20-7-11-4-12(8-20)6-13(5-11)9-20/h10-13,15H,4-9H2,1-3H3,(H2,22,25). The van der Waals surface area contributed by atoms with Gasteiger partial charge in [0.1, 0.15) is 0 Å². The third-order valence-electron chi connectivity index (χ3n) is 6.43. The highest BCUT2D eigenvalue weighted by atomic mass is 32.2. The van der Waals surface area contributed by atoms with E-state index in [-0.39, 0.29) is 23.3 Å². The smallest absolute Gasteiger partial charge is 0.259 e. The number of ether oxygens (including phenoxy) is 2. The molecule has 1 unspecified atom stereocenters. The molecular formula is C20H28FN3O3S. The third kappa shape index (κ3) is 3.55. The molecule has 4 aliphatic rings. The summed E-state index contributed by atoms with van der Waals surface area (Å²) >= 11 is 1.26. The molecule has 0 aliphatic heterocycles. The van der Waals surface area contributed by atoms with E-state index < -0.39 is 17.8 Å². The Balaban J connectivity index is 1.67. The molecule has 4 fully saturated rings. The highest BCUT2D eigenvalue weighted by Gasteiger charge is 2.57. The largest absolute Gasteiger partial charge is 0.473 e. The lowest BCUT2D eigenvalue weighted by Crippen LogP contribution is -2.57. The van der Waals surface area contributed by atoms with Gasteiger partial charge >= 0.3 is 0 Å². The fourth-order valence-corrected chi connectivity index (χ4v) is 6.30. The molecule has 1 aromatic heterocycles. The number of nitrogens with zero attached hydrogens (tertiary/aromatic N) is 2. The molecule has 0 radical (unpaired) electrons. The summed E-state index contributed by atoms with van der Waals surface area (Å²) in [5.41, 5.74) is 5.47. The van der Waals surface area contributed by atoms with Crippen LogP contribution in [0.25, 0.3) is 0 Å². The zero-order valence-corrected chi connectivity index (χ0v) is 17.4. The Morgan fingerprint density at radius 3 is 2.04 bits per heavy atom. The maximum absolute atomic E-state index is 15.0. The van der Waals surface area contributed by atoms with Gasteiger partial charge in [-0.1, -0.05) is 11.8 Å². The van der Waals surface area contributed by atoms with Crippen molar-refractivity contribution in [1.29, 1.82) is 0 Å². The van der Waals surface area contributed by atoms with Gasteiger partial charge in [0, 0.05) is 5.41 Å². The van der Waals surface area contributed by atoms with Crippen LogP contribution >= 0.6 is 11.8 Å². The Bertz CT molecular complexity index is 738. The number of primary amides is 1. The molecular weight excluding hydrogens is 381 g/mol. The van der Waals surface area contributed by atoms with Crippen molar-refractivity contribution in [3.63, 3.8) is 0 Å². The highest BCUT2D eigenvalue weighted by molar-refractivity contribution is 7.98. The van der Waals surface area contributed by atoms with Crippen molar-refractivity contribution in [3.8, 4) is 11.8 Å². The number of hydrogen-bond acceptors (Lipinski definition) is 6. The van der Waals surface area contributed by atoms with E-state index in [4.69, 9.17) is 15.2 Å². The minimum Gasteiger partial charge on any atom is -0.473 e. The molecule has 4 bridgehead atoms. The molecule has 154 valence electrons. The molecule has 1 atom stereocenters. The van der Waals surface area contributed by atoms with Gasteiger partial charge in [-0.15, -0.1) is 0 Å². The Morgan fingerprint density at radius 2 is 1.61 bits per heavy atom. The van der Waals surface area contributed by atoms with Crippen LogP contribution in [-0.2, 0) is 4.79 Å². The number of carbonyl (C=O) groups is 1. The van der Waals surface area contributed by atoms with Gasteiger partial charge in [0.2, 0.25) is 5.82 Å². The molecule has 0 saturated heterocycles. The van der Waals surface area contributed by atoms with Crippen molar-refractivity contribution in [1.82, 2.24) is 9.97 Å². The number of nitrogens with two attached hydrogens (primary N) is 1. The maximum Gasteiger partial charge on any atom is 0.259 e. The van der Waals surface area contributed by atoms with Crippen LogP contribution in [0.4, 0.5) is 4.39 Å². The summed E-state index contributed by atoms with van der Waals surface area (Å²) in [7, 11) is 0. The molecule has 28 heavy (non-hydrogen) atoms. The zero-order chi connectivity index (χ0) is 20.1. The van der Waals surface area contributed by atoms with Crippen molar-refractivity contribution in [2.75, 3.05) is 6.26 Å². The molecule has 4 aliphatic carbocycles. The first-order valence-electron chi connectivity index (χ1n) is 10.0. The summed E-state index contributed by atoms with van der Waals surface area (Å²) in [6.07, 6.45) is 7.12. The van der Waals surface area contributed by atoms with Crippen LogP contribution in [0.1, 0.15) is 52.4 Å². The van der Waals surface area contributed by atoms with E-state index in [2.05, 4.69) is 9.97 Å². The predicted octanol–water partition coefficient (Wildman–Crippen LogP) is 3.57. The minimum absolute atomic E-state index is 0.155. The molecule has 2 N–H and O–H groups in total. The number of aromatic nitrogens is 2. The Labute approximate surface area is 169 Å². The second-order valence-electron chi connectivity index (χ2n) is 8.98. The van der Waals surface area contributed by atoms with Gasteiger partial charge in [-0.25, -0.2) is 0 Å². The number of carbonyl (C=O) groups excluding carboxylic acids is 1. The normalized spacial score (nSPS) is 31.8. The lowest BCUT2D eigenvalue weighted by molar-refractivity contribution is -0.148. The quantitative estimate of drug-likeness (QED) is 0.547. The van der Waals surface area contributed by atoms with E-state index >= 15 is 4.39 Å². The first-order chi connectivity index (χ1) is 13.3. The van der Waals surface area contributed by atoms with Crippen LogP contribution in [0.15, 0.2) is 5.16 Å². The molecule has 0 spiro atoms. The zero-order valence-electron chi connectivity index (χ0n) is 16.6. The summed E-state index contributed by atoms with van der Waals surface area (Å²) in [5, 5.41) is 0.334. The molecule has 1 heterocycles. The summed E-state index contributed by atoms with van der Waals surface area (Å²) in [6.45, 7) is 3.59. The fraction of sp³-hybridized carbons (Fsp3) is 0.750. The second-order valence-corrected chi connectivity index (χ2v) is 9.75. The van der Waals surface area contributed by atoms with E-state index in [1.165, 1.54) is 31.0 Å². The first kappa shape index (κ1) is 19.7. The van der Waals surface area contributed by atoms with Gasteiger partial charge in [-0.05, 0) is 76.4 Å². The lowest BCUT2D eigenvalue weighted by Gasteiger charge is -2.58.